The third-order valence-electron chi connectivity index (χ3n) is 2.52. The van der Waals surface area contributed by atoms with Crippen molar-refractivity contribution in [3.05, 3.63) is 21.4 Å². The van der Waals surface area contributed by atoms with Crippen LogP contribution < -0.4 is 0 Å². The van der Waals surface area contributed by atoms with Crippen molar-refractivity contribution in [2.24, 2.45) is 0 Å². The highest BCUT2D eigenvalue weighted by molar-refractivity contribution is 7.14. The van der Waals surface area contributed by atoms with Crippen LogP contribution in [0.15, 0.2) is 6.07 Å². The van der Waals surface area contributed by atoms with E-state index in [9.17, 15) is 9.59 Å². The van der Waals surface area contributed by atoms with E-state index in [0.717, 1.165) is 16.9 Å². The number of nitrogens with zero attached hydrogens (tertiary/aromatic N) is 1. The molecule has 0 radical (unpaired) electrons. The molecule has 1 aromatic heterocycles. The minimum Gasteiger partial charge on any atom is -0.477 e. The molecule has 4 nitrogen and oxygen atoms in total. The number of fused-ring (bicyclic) bond motifs is 1. The molecule has 5 heteroatoms. The zero-order valence-electron chi connectivity index (χ0n) is 8.32. The average Bonchev–Trinajstić information content (AvgIpc) is 2.59. The van der Waals surface area contributed by atoms with Crippen LogP contribution in [0.1, 0.15) is 27.0 Å². The summed E-state index contributed by atoms with van der Waals surface area (Å²) in [6, 6.07) is 1.68. The van der Waals surface area contributed by atoms with Crippen molar-refractivity contribution in [1.82, 2.24) is 4.90 Å². The average molecular weight is 225 g/mol. The highest BCUT2D eigenvalue weighted by Gasteiger charge is 2.22. The van der Waals surface area contributed by atoms with Gasteiger partial charge in [-0.05, 0) is 18.1 Å². The summed E-state index contributed by atoms with van der Waals surface area (Å²) in [7, 11) is 0. The van der Waals surface area contributed by atoms with Gasteiger partial charge in [0.25, 0.3) is 0 Å². The molecule has 0 fully saturated rings. The van der Waals surface area contributed by atoms with Crippen LogP contribution in [0, 0.1) is 0 Å². The zero-order valence-corrected chi connectivity index (χ0v) is 9.13. The van der Waals surface area contributed by atoms with Gasteiger partial charge >= 0.3 is 5.97 Å². The Morgan fingerprint density at radius 1 is 1.53 bits per heavy atom. The predicted molar refractivity (Wildman–Crippen MR) is 56.1 cm³/mol. The van der Waals surface area contributed by atoms with Crippen molar-refractivity contribution < 1.29 is 14.7 Å². The molecule has 0 aliphatic carbocycles. The zero-order chi connectivity index (χ0) is 11.0. The standard InChI is InChI=1S/C10H11NO3S/c1-6(12)11-3-2-8-7(5-11)4-9(15-8)10(13)14/h4H,2-3,5H2,1H3,(H,13,14). The number of carboxylic acids is 1. The molecule has 0 unspecified atom stereocenters. The number of thiophene rings is 1. The molecule has 15 heavy (non-hydrogen) atoms. The molecule has 1 aliphatic rings. The molecule has 2 heterocycles. The largest absolute Gasteiger partial charge is 0.477 e. The molecule has 1 aliphatic heterocycles. The second-order valence-electron chi connectivity index (χ2n) is 3.55. The summed E-state index contributed by atoms with van der Waals surface area (Å²) in [4.78, 5) is 25.1. The molecule has 80 valence electrons. The Morgan fingerprint density at radius 2 is 2.27 bits per heavy atom. The summed E-state index contributed by atoms with van der Waals surface area (Å²) in [5.41, 5.74) is 0.985. The molecule has 0 bridgehead atoms. The monoisotopic (exact) mass is 225 g/mol. The Kier molecular flexibility index (Phi) is 2.48. The maximum Gasteiger partial charge on any atom is 0.345 e. The first-order valence-electron chi connectivity index (χ1n) is 4.68. The van der Waals surface area contributed by atoms with Gasteiger partial charge in [0.05, 0.1) is 0 Å². The molecular weight excluding hydrogens is 214 g/mol. The van der Waals surface area contributed by atoms with Crippen LogP contribution in [-0.4, -0.2) is 28.4 Å². The second-order valence-corrected chi connectivity index (χ2v) is 4.69. The van der Waals surface area contributed by atoms with Crippen molar-refractivity contribution in [2.45, 2.75) is 19.9 Å². The summed E-state index contributed by atoms with van der Waals surface area (Å²) in [6.45, 7) is 2.78. The fraction of sp³-hybridized carbons (Fsp3) is 0.400. The fourth-order valence-corrected chi connectivity index (χ4v) is 2.71. The lowest BCUT2D eigenvalue weighted by Gasteiger charge is -2.25. The van der Waals surface area contributed by atoms with E-state index in [1.165, 1.54) is 18.3 Å². The number of amides is 1. The Morgan fingerprint density at radius 3 is 2.87 bits per heavy atom. The summed E-state index contributed by atoms with van der Waals surface area (Å²) >= 11 is 1.32. The maximum atomic E-state index is 11.2. The van der Waals surface area contributed by atoms with Crippen LogP contribution in [0.2, 0.25) is 0 Å². The number of carboxylic acid groups (broad SMARTS) is 1. The molecule has 1 aromatic rings. The lowest BCUT2D eigenvalue weighted by atomic mass is 10.1. The SMILES string of the molecule is CC(=O)N1CCc2sc(C(=O)O)cc2C1. The number of rotatable bonds is 1. The number of carbonyl (C=O) groups is 2. The molecular formula is C10H11NO3S. The van der Waals surface area contributed by atoms with Crippen LogP contribution >= 0.6 is 11.3 Å². The van der Waals surface area contributed by atoms with E-state index >= 15 is 0 Å². The molecule has 1 N–H and O–H groups in total. The Hall–Kier alpha value is -1.36. The molecule has 0 saturated heterocycles. The van der Waals surface area contributed by atoms with Crippen molar-refractivity contribution in [3.63, 3.8) is 0 Å². The van der Waals surface area contributed by atoms with Gasteiger partial charge in [-0.2, -0.15) is 0 Å². The molecule has 0 saturated carbocycles. The predicted octanol–water partition coefficient (Wildman–Crippen LogP) is 1.35. The van der Waals surface area contributed by atoms with E-state index in [-0.39, 0.29) is 5.91 Å². The van der Waals surface area contributed by atoms with E-state index in [4.69, 9.17) is 5.11 Å². The fourth-order valence-electron chi connectivity index (χ4n) is 1.71. The Bertz CT molecular complexity index is 424. The third kappa shape index (κ3) is 1.87. The van der Waals surface area contributed by atoms with Gasteiger partial charge in [-0.3, -0.25) is 4.79 Å². The van der Waals surface area contributed by atoms with E-state index in [0.29, 0.717) is 18.0 Å². The Labute approximate surface area is 91.1 Å². The first-order valence-corrected chi connectivity index (χ1v) is 5.50. The second kappa shape index (κ2) is 3.66. The number of carbonyl (C=O) groups excluding carboxylic acids is 1. The molecule has 2 rings (SSSR count). The topological polar surface area (TPSA) is 57.6 Å². The van der Waals surface area contributed by atoms with Gasteiger partial charge in [0.1, 0.15) is 4.88 Å². The normalized spacial score (nSPS) is 14.9. The van der Waals surface area contributed by atoms with Crippen molar-refractivity contribution >= 4 is 23.2 Å². The minimum absolute atomic E-state index is 0.0451. The highest BCUT2D eigenvalue weighted by Crippen LogP contribution is 2.28. The maximum absolute atomic E-state index is 11.2. The van der Waals surface area contributed by atoms with Gasteiger partial charge in [-0.25, -0.2) is 4.79 Å². The van der Waals surface area contributed by atoms with E-state index in [2.05, 4.69) is 0 Å². The van der Waals surface area contributed by atoms with E-state index in [1.54, 1.807) is 11.0 Å². The lowest BCUT2D eigenvalue weighted by Crippen LogP contribution is -2.33. The summed E-state index contributed by atoms with van der Waals surface area (Å²) in [6.07, 6.45) is 0.771. The molecule has 0 spiro atoms. The van der Waals surface area contributed by atoms with Crippen LogP contribution in [-0.2, 0) is 17.8 Å². The van der Waals surface area contributed by atoms with Gasteiger partial charge in [0, 0.05) is 24.9 Å². The van der Waals surface area contributed by atoms with Crippen molar-refractivity contribution in [3.8, 4) is 0 Å². The molecule has 0 atom stereocenters. The smallest absolute Gasteiger partial charge is 0.345 e. The summed E-state index contributed by atoms with van der Waals surface area (Å²) in [5.74, 6) is -0.840. The highest BCUT2D eigenvalue weighted by atomic mass is 32.1. The van der Waals surface area contributed by atoms with Crippen LogP contribution in [0.3, 0.4) is 0 Å². The first-order chi connectivity index (χ1) is 7.08. The molecule has 1 amide bonds. The van der Waals surface area contributed by atoms with Gasteiger partial charge < -0.3 is 10.0 Å². The quantitative estimate of drug-likeness (QED) is 0.785. The van der Waals surface area contributed by atoms with Crippen LogP contribution in [0.5, 0.6) is 0 Å². The Balaban J connectivity index is 2.26. The van der Waals surface area contributed by atoms with Crippen molar-refractivity contribution in [1.29, 1.82) is 0 Å². The van der Waals surface area contributed by atoms with Crippen molar-refractivity contribution in [2.75, 3.05) is 6.54 Å². The van der Waals surface area contributed by atoms with E-state index in [1.807, 2.05) is 0 Å². The lowest BCUT2D eigenvalue weighted by molar-refractivity contribution is -0.129. The number of hydrogen-bond donors (Lipinski definition) is 1. The summed E-state index contributed by atoms with van der Waals surface area (Å²) in [5, 5.41) is 8.84. The minimum atomic E-state index is -0.885. The number of aromatic carboxylic acids is 1. The number of hydrogen-bond acceptors (Lipinski definition) is 3. The third-order valence-corrected chi connectivity index (χ3v) is 3.75. The van der Waals surface area contributed by atoms with Gasteiger partial charge in [-0.1, -0.05) is 0 Å². The summed E-state index contributed by atoms with van der Waals surface area (Å²) < 4.78 is 0. The van der Waals surface area contributed by atoms with Gasteiger partial charge in [-0.15, -0.1) is 11.3 Å². The van der Waals surface area contributed by atoms with Gasteiger partial charge in [0.15, 0.2) is 0 Å². The van der Waals surface area contributed by atoms with Crippen LogP contribution in [0.25, 0.3) is 0 Å². The first kappa shape index (κ1) is 10.2. The van der Waals surface area contributed by atoms with E-state index < -0.39 is 5.97 Å². The molecule has 0 aromatic carbocycles. The van der Waals surface area contributed by atoms with Crippen LogP contribution in [0.4, 0.5) is 0 Å². The van der Waals surface area contributed by atoms with Gasteiger partial charge in [0.2, 0.25) is 5.91 Å².